The lowest BCUT2D eigenvalue weighted by Crippen LogP contribution is -2.12. The third-order valence-corrected chi connectivity index (χ3v) is 3.77. The number of hydrogen-bond donors (Lipinski definition) is 2. The predicted molar refractivity (Wildman–Crippen MR) is 90.7 cm³/mol. The lowest BCUT2D eigenvalue weighted by molar-refractivity contribution is -0.116. The standard InChI is InChI=1S/C16H19Cl2N3O/c1-16(2,3)14-9-11(20-21-14)5-7-15(22)19-13-6-4-10(17)8-12(13)18/h4,6,8-9H,5,7H2,1-3H3,(H,19,22)(H,20,21). The highest BCUT2D eigenvalue weighted by molar-refractivity contribution is 6.36. The number of amides is 1. The van der Waals surface area contributed by atoms with Crippen LogP contribution in [0.1, 0.15) is 38.6 Å². The number of nitrogens with one attached hydrogen (secondary N) is 2. The Bertz CT molecular complexity index is 674. The average molecular weight is 340 g/mol. The van der Waals surface area contributed by atoms with Crippen molar-refractivity contribution in [2.45, 2.75) is 39.0 Å². The number of aromatic amines is 1. The van der Waals surface area contributed by atoms with Crippen molar-refractivity contribution in [2.24, 2.45) is 0 Å². The van der Waals surface area contributed by atoms with Gasteiger partial charge in [0.15, 0.2) is 0 Å². The van der Waals surface area contributed by atoms with Crippen LogP contribution in [-0.2, 0) is 16.6 Å². The summed E-state index contributed by atoms with van der Waals surface area (Å²) in [5.41, 5.74) is 2.50. The van der Waals surface area contributed by atoms with E-state index in [-0.39, 0.29) is 11.3 Å². The van der Waals surface area contributed by atoms with Crippen molar-refractivity contribution in [3.8, 4) is 0 Å². The van der Waals surface area contributed by atoms with Crippen molar-refractivity contribution >= 4 is 34.8 Å². The summed E-state index contributed by atoms with van der Waals surface area (Å²) < 4.78 is 0. The molecular formula is C16H19Cl2N3O. The first kappa shape index (κ1) is 16.8. The fraction of sp³-hybridized carbons (Fsp3) is 0.375. The summed E-state index contributed by atoms with van der Waals surface area (Å²) in [6, 6.07) is 6.98. The second kappa shape index (κ2) is 6.71. The first-order chi connectivity index (χ1) is 10.3. The van der Waals surface area contributed by atoms with E-state index in [9.17, 15) is 4.79 Å². The lowest BCUT2D eigenvalue weighted by atomic mass is 9.92. The molecule has 0 saturated heterocycles. The molecule has 0 bridgehead atoms. The molecule has 0 aliphatic carbocycles. The Labute approximate surface area is 140 Å². The van der Waals surface area contributed by atoms with Crippen LogP contribution in [-0.4, -0.2) is 16.1 Å². The second-order valence-corrected chi connectivity index (χ2v) is 7.04. The first-order valence-electron chi connectivity index (χ1n) is 7.05. The van der Waals surface area contributed by atoms with Crippen molar-refractivity contribution in [1.29, 1.82) is 0 Å². The predicted octanol–water partition coefficient (Wildman–Crippen LogP) is 4.59. The maximum absolute atomic E-state index is 12.0. The van der Waals surface area contributed by atoms with Crippen molar-refractivity contribution in [3.05, 3.63) is 45.7 Å². The van der Waals surface area contributed by atoms with E-state index in [1.54, 1.807) is 18.2 Å². The minimum atomic E-state index is -0.101. The highest BCUT2D eigenvalue weighted by Crippen LogP contribution is 2.25. The Morgan fingerprint density at radius 3 is 2.59 bits per heavy atom. The molecule has 2 rings (SSSR count). The normalized spacial score (nSPS) is 11.5. The maximum atomic E-state index is 12.0. The molecule has 2 aromatic rings. The Morgan fingerprint density at radius 1 is 1.27 bits per heavy atom. The van der Waals surface area contributed by atoms with Crippen molar-refractivity contribution in [1.82, 2.24) is 10.2 Å². The highest BCUT2D eigenvalue weighted by Gasteiger charge is 2.17. The van der Waals surface area contributed by atoms with Gasteiger partial charge in [-0.3, -0.25) is 9.89 Å². The van der Waals surface area contributed by atoms with E-state index in [1.165, 1.54) is 0 Å². The van der Waals surface area contributed by atoms with Crippen LogP contribution >= 0.6 is 23.2 Å². The molecule has 1 heterocycles. The Hall–Kier alpha value is -1.52. The zero-order valence-electron chi connectivity index (χ0n) is 12.8. The largest absolute Gasteiger partial charge is 0.325 e. The summed E-state index contributed by atoms with van der Waals surface area (Å²) in [7, 11) is 0. The number of carbonyl (C=O) groups excluding carboxylic acids is 1. The molecule has 0 spiro atoms. The fourth-order valence-corrected chi connectivity index (χ4v) is 2.38. The molecule has 6 heteroatoms. The van der Waals surface area contributed by atoms with Crippen LogP contribution in [0.5, 0.6) is 0 Å². The molecule has 0 radical (unpaired) electrons. The van der Waals surface area contributed by atoms with Crippen molar-refractivity contribution in [2.75, 3.05) is 5.32 Å². The topological polar surface area (TPSA) is 57.8 Å². The minimum absolute atomic E-state index is 0.00611. The summed E-state index contributed by atoms with van der Waals surface area (Å²) in [6.45, 7) is 6.30. The number of carbonyl (C=O) groups is 1. The van der Waals surface area contributed by atoms with Gasteiger partial charge in [-0.15, -0.1) is 0 Å². The quantitative estimate of drug-likeness (QED) is 0.855. The van der Waals surface area contributed by atoms with Crippen LogP contribution in [0.4, 0.5) is 5.69 Å². The van der Waals surface area contributed by atoms with E-state index in [2.05, 4.69) is 36.3 Å². The molecule has 1 aromatic heterocycles. The Morgan fingerprint density at radius 2 is 2.00 bits per heavy atom. The number of aryl methyl sites for hydroxylation is 1. The molecule has 0 unspecified atom stereocenters. The molecule has 1 aromatic carbocycles. The number of H-pyrrole nitrogens is 1. The summed E-state index contributed by atoms with van der Waals surface area (Å²) in [4.78, 5) is 12.0. The highest BCUT2D eigenvalue weighted by atomic mass is 35.5. The summed E-state index contributed by atoms with van der Waals surface area (Å²) in [6.07, 6.45) is 0.949. The third kappa shape index (κ3) is 4.49. The van der Waals surface area contributed by atoms with Crippen LogP contribution in [0.2, 0.25) is 10.0 Å². The zero-order valence-corrected chi connectivity index (χ0v) is 14.3. The number of anilines is 1. The smallest absolute Gasteiger partial charge is 0.224 e. The van der Waals surface area contributed by atoms with Crippen LogP contribution in [0.3, 0.4) is 0 Å². The van der Waals surface area contributed by atoms with Gasteiger partial charge in [-0.05, 0) is 30.7 Å². The fourth-order valence-electron chi connectivity index (χ4n) is 1.93. The molecular weight excluding hydrogens is 321 g/mol. The van der Waals surface area contributed by atoms with Crippen LogP contribution in [0.15, 0.2) is 24.3 Å². The molecule has 0 atom stereocenters. The molecule has 0 fully saturated rings. The molecule has 4 nitrogen and oxygen atoms in total. The van der Waals surface area contributed by atoms with Crippen molar-refractivity contribution < 1.29 is 4.79 Å². The maximum Gasteiger partial charge on any atom is 0.224 e. The summed E-state index contributed by atoms with van der Waals surface area (Å²) in [5, 5.41) is 11.0. The van der Waals surface area contributed by atoms with Gasteiger partial charge in [0.25, 0.3) is 0 Å². The SMILES string of the molecule is CC(C)(C)c1cc(CCC(=O)Nc2ccc(Cl)cc2Cl)[nH]n1. The molecule has 22 heavy (non-hydrogen) atoms. The van der Waals surface area contributed by atoms with E-state index in [0.717, 1.165) is 11.4 Å². The van der Waals surface area contributed by atoms with E-state index in [4.69, 9.17) is 23.2 Å². The van der Waals surface area contributed by atoms with Gasteiger partial charge in [0.1, 0.15) is 0 Å². The molecule has 2 N–H and O–H groups in total. The molecule has 1 amide bonds. The van der Waals surface area contributed by atoms with Crippen LogP contribution < -0.4 is 5.32 Å². The van der Waals surface area contributed by atoms with Gasteiger partial charge in [-0.25, -0.2) is 0 Å². The van der Waals surface area contributed by atoms with E-state index in [1.807, 2.05) is 6.07 Å². The summed E-state index contributed by atoms with van der Waals surface area (Å²) >= 11 is 11.9. The monoisotopic (exact) mass is 339 g/mol. The zero-order chi connectivity index (χ0) is 16.3. The van der Waals surface area contributed by atoms with Gasteiger partial charge < -0.3 is 5.32 Å². The number of aromatic nitrogens is 2. The van der Waals surface area contributed by atoms with Gasteiger partial charge >= 0.3 is 0 Å². The van der Waals surface area contributed by atoms with E-state index < -0.39 is 0 Å². The number of rotatable bonds is 4. The van der Waals surface area contributed by atoms with Gasteiger partial charge in [-0.2, -0.15) is 5.10 Å². The third-order valence-electron chi connectivity index (χ3n) is 3.23. The van der Waals surface area contributed by atoms with E-state index >= 15 is 0 Å². The number of nitrogens with zero attached hydrogens (tertiary/aromatic N) is 1. The minimum Gasteiger partial charge on any atom is -0.325 e. The second-order valence-electron chi connectivity index (χ2n) is 6.20. The Kier molecular flexibility index (Phi) is 5.14. The molecule has 0 saturated carbocycles. The van der Waals surface area contributed by atoms with Crippen LogP contribution in [0, 0.1) is 0 Å². The summed E-state index contributed by atoms with van der Waals surface area (Å²) in [5.74, 6) is -0.101. The first-order valence-corrected chi connectivity index (χ1v) is 7.81. The van der Waals surface area contributed by atoms with Crippen LogP contribution in [0.25, 0.3) is 0 Å². The van der Waals surface area contributed by atoms with Gasteiger partial charge in [0.2, 0.25) is 5.91 Å². The van der Waals surface area contributed by atoms with E-state index in [0.29, 0.717) is 28.6 Å². The van der Waals surface area contributed by atoms with Crippen molar-refractivity contribution in [3.63, 3.8) is 0 Å². The molecule has 0 aliphatic heterocycles. The number of hydrogen-bond acceptors (Lipinski definition) is 2. The molecule has 0 aliphatic rings. The van der Waals surface area contributed by atoms with Gasteiger partial charge in [0, 0.05) is 22.6 Å². The van der Waals surface area contributed by atoms with Gasteiger partial charge in [0.05, 0.1) is 16.4 Å². The average Bonchev–Trinajstić information content (AvgIpc) is 2.88. The lowest BCUT2D eigenvalue weighted by Gasteiger charge is -2.13. The number of halogens is 2. The Balaban J connectivity index is 1.91. The van der Waals surface area contributed by atoms with Gasteiger partial charge in [-0.1, -0.05) is 44.0 Å². The number of benzene rings is 1. The molecule has 118 valence electrons.